The molecule has 0 aliphatic carbocycles. The lowest BCUT2D eigenvalue weighted by atomic mass is 10.0. The van der Waals surface area contributed by atoms with E-state index in [1.807, 2.05) is 0 Å². The van der Waals surface area contributed by atoms with Crippen LogP contribution in [0.1, 0.15) is 34.1 Å². The van der Waals surface area contributed by atoms with Crippen molar-refractivity contribution in [3.63, 3.8) is 0 Å². The Kier molecular flexibility index (Phi) is 5.24. The lowest BCUT2D eigenvalue weighted by molar-refractivity contribution is 0.340. The van der Waals surface area contributed by atoms with Gasteiger partial charge in [0.1, 0.15) is 0 Å². The zero-order valence-electron chi connectivity index (χ0n) is 8.07. The third kappa shape index (κ3) is 5.60. The van der Waals surface area contributed by atoms with Gasteiger partial charge in [-0.1, -0.05) is 16.3 Å². The fourth-order valence-corrected chi connectivity index (χ4v) is 1.59. The van der Waals surface area contributed by atoms with Gasteiger partial charge >= 0.3 is 0 Å². The first-order valence-corrected chi connectivity index (χ1v) is 4.80. The second-order valence-electron chi connectivity index (χ2n) is 3.72. The highest BCUT2D eigenvalue weighted by atomic mass is 31.0. The summed E-state index contributed by atoms with van der Waals surface area (Å²) < 4.78 is 0. The van der Waals surface area contributed by atoms with Crippen molar-refractivity contribution in [3.05, 3.63) is 0 Å². The smallest absolute Gasteiger partial charge is 0.0255 e. The third-order valence-corrected chi connectivity index (χ3v) is 2.00. The van der Waals surface area contributed by atoms with Crippen molar-refractivity contribution in [2.45, 2.75) is 45.7 Å². The maximum Gasteiger partial charge on any atom is 0.0255 e. The molecule has 0 aliphatic rings. The average molecular weight is 176 g/mol. The fourth-order valence-electron chi connectivity index (χ4n) is 1.08. The van der Waals surface area contributed by atoms with E-state index in [1.54, 1.807) is 0 Å². The molecular weight excluding hydrogens is 155 g/mol. The summed E-state index contributed by atoms with van der Waals surface area (Å²) in [5.41, 5.74) is 0.192. The first-order valence-electron chi connectivity index (χ1n) is 4.23. The van der Waals surface area contributed by atoms with E-state index >= 15 is 0 Å². The van der Waals surface area contributed by atoms with Crippen molar-refractivity contribution in [3.8, 4) is 0 Å². The van der Waals surface area contributed by atoms with Gasteiger partial charge in [0.15, 0.2) is 0 Å². The van der Waals surface area contributed by atoms with Crippen LogP contribution in [0.15, 0.2) is 0 Å². The second kappa shape index (κ2) is 5.08. The molecule has 11 heavy (non-hydrogen) atoms. The molecule has 0 fully saturated rings. The van der Waals surface area contributed by atoms with Gasteiger partial charge in [0, 0.05) is 18.1 Å². The Morgan fingerprint density at radius 2 is 2.00 bits per heavy atom. The van der Waals surface area contributed by atoms with Gasteiger partial charge in [-0.15, -0.1) is 0 Å². The highest BCUT2D eigenvalue weighted by Gasteiger charge is 2.17. The van der Waals surface area contributed by atoms with E-state index in [1.165, 1.54) is 6.42 Å². The summed E-state index contributed by atoms with van der Waals surface area (Å²) in [6, 6.07) is 0.600. The Labute approximate surface area is 72.8 Å². The Morgan fingerprint density at radius 1 is 1.45 bits per heavy atom. The molecule has 2 unspecified atom stereocenters. The van der Waals surface area contributed by atoms with Crippen LogP contribution in [-0.4, -0.2) is 18.1 Å². The summed E-state index contributed by atoms with van der Waals surface area (Å²) in [4.78, 5) is 0. The minimum Gasteiger partial charge on any atom is -0.308 e. The zero-order chi connectivity index (χ0) is 8.91. The predicted molar refractivity (Wildman–Crippen MR) is 54.7 cm³/mol. The number of hydrogen-bond acceptors (Lipinski definition) is 2. The van der Waals surface area contributed by atoms with Gasteiger partial charge in [-0.2, -0.15) is 0 Å². The number of hydrogen-bond donors (Lipinski definition) is 2. The summed E-state index contributed by atoms with van der Waals surface area (Å²) in [6.07, 6.45) is 1.18. The van der Waals surface area contributed by atoms with Gasteiger partial charge in [-0.3, -0.25) is 5.09 Å². The van der Waals surface area contributed by atoms with E-state index in [9.17, 15) is 0 Å². The second-order valence-corrected chi connectivity index (χ2v) is 4.13. The minimum atomic E-state index is 0.192. The molecule has 0 bridgehead atoms. The molecule has 68 valence electrons. The summed E-state index contributed by atoms with van der Waals surface area (Å²) in [6.45, 7) is 9.79. The molecule has 0 radical (unpaired) electrons. The van der Waals surface area contributed by atoms with E-state index in [2.05, 4.69) is 47.5 Å². The number of nitrogens with one attached hydrogen (secondary N) is 2. The Balaban J connectivity index is 3.70. The maximum absolute atomic E-state index is 3.53. The normalized spacial score (nSPS) is 15.0. The van der Waals surface area contributed by atoms with Crippen LogP contribution >= 0.6 is 9.39 Å². The molecule has 0 aromatic carbocycles. The Hall–Kier alpha value is 0.350. The van der Waals surface area contributed by atoms with Crippen molar-refractivity contribution in [1.82, 2.24) is 10.4 Å². The molecule has 0 spiro atoms. The van der Waals surface area contributed by atoms with Crippen LogP contribution in [0.3, 0.4) is 0 Å². The molecule has 0 amide bonds. The lowest BCUT2D eigenvalue weighted by Crippen LogP contribution is -2.49. The van der Waals surface area contributed by atoms with Crippen molar-refractivity contribution < 1.29 is 0 Å². The van der Waals surface area contributed by atoms with Crippen LogP contribution in [-0.2, 0) is 0 Å². The number of rotatable bonds is 5. The summed E-state index contributed by atoms with van der Waals surface area (Å²) in [5, 5.41) is 6.62. The molecule has 2 nitrogen and oxygen atoms in total. The highest BCUT2D eigenvalue weighted by Crippen LogP contribution is 2.04. The van der Waals surface area contributed by atoms with Gasteiger partial charge in [-0.05, 0) is 27.2 Å². The van der Waals surface area contributed by atoms with Crippen molar-refractivity contribution in [2.24, 2.45) is 0 Å². The average Bonchev–Trinajstić information content (AvgIpc) is 1.86. The zero-order valence-corrected chi connectivity index (χ0v) is 9.22. The molecule has 0 saturated heterocycles. The molecule has 2 N–H and O–H groups in total. The van der Waals surface area contributed by atoms with Crippen LogP contribution in [0.25, 0.3) is 0 Å². The van der Waals surface area contributed by atoms with Crippen molar-refractivity contribution in [1.29, 1.82) is 0 Å². The van der Waals surface area contributed by atoms with Crippen LogP contribution in [0.5, 0.6) is 0 Å². The molecule has 0 aromatic heterocycles. The van der Waals surface area contributed by atoms with Gasteiger partial charge in [0.05, 0.1) is 0 Å². The molecule has 0 aliphatic heterocycles. The van der Waals surface area contributed by atoms with Crippen LogP contribution in [0, 0.1) is 0 Å². The van der Waals surface area contributed by atoms with E-state index in [0.29, 0.717) is 6.04 Å². The predicted octanol–water partition coefficient (Wildman–Crippen LogP) is 1.53. The molecule has 0 aromatic rings. The van der Waals surface area contributed by atoms with Crippen molar-refractivity contribution >= 4 is 9.39 Å². The van der Waals surface area contributed by atoms with Crippen LogP contribution in [0.4, 0.5) is 0 Å². The van der Waals surface area contributed by atoms with E-state index in [4.69, 9.17) is 0 Å². The minimum absolute atomic E-state index is 0.192. The molecule has 0 heterocycles. The Morgan fingerprint density at radius 3 is 2.36 bits per heavy atom. The molecular formula is C8H21N2P. The van der Waals surface area contributed by atoms with Crippen molar-refractivity contribution in [2.75, 3.05) is 6.54 Å². The molecule has 3 heteroatoms. The monoisotopic (exact) mass is 176 g/mol. The lowest BCUT2D eigenvalue weighted by Gasteiger charge is -2.29. The first-order chi connectivity index (χ1) is 5.02. The first kappa shape index (κ1) is 11.4. The van der Waals surface area contributed by atoms with Crippen LogP contribution in [0.2, 0.25) is 0 Å². The molecule has 0 saturated carbocycles. The summed E-state index contributed by atoms with van der Waals surface area (Å²) in [5.74, 6) is 0. The van der Waals surface area contributed by atoms with E-state index in [-0.39, 0.29) is 5.54 Å². The van der Waals surface area contributed by atoms with Gasteiger partial charge in [0.2, 0.25) is 0 Å². The largest absolute Gasteiger partial charge is 0.308 e. The van der Waals surface area contributed by atoms with Gasteiger partial charge < -0.3 is 5.32 Å². The SMILES string of the molecule is CCC(C)NC(C)(C)CNP. The van der Waals surface area contributed by atoms with E-state index < -0.39 is 0 Å². The third-order valence-electron chi connectivity index (χ3n) is 1.79. The van der Waals surface area contributed by atoms with Gasteiger partial charge in [-0.25, -0.2) is 0 Å². The molecule has 0 rings (SSSR count). The Bertz CT molecular complexity index is 104. The molecule has 2 atom stereocenters. The highest BCUT2D eigenvalue weighted by molar-refractivity contribution is 7.13. The summed E-state index contributed by atoms with van der Waals surface area (Å²) in [7, 11) is 2.53. The van der Waals surface area contributed by atoms with Gasteiger partial charge in [0.25, 0.3) is 0 Å². The quantitative estimate of drug-likeness (QED) is 0.621. The van der Waals surface area contributed by atoms with Crippen LogP contribution < -0.4 is 10.4 Å². The maximum atomic E-state index is 3.53. The topological polar surface area (TPSA) is 24.1 Å². The fraction of sp³-hybridized carbons (Fsp3) is 1.00. The summed E-state index contributed by atoms with van der Waals surface area (Å²) >= 11 is 0. The standard InChI is InChI=1S/C8H21N2P/c1-5-7(2)10-8(3,4)6-9-11/h7,9-10H,5-6,11H2,1-4H3. The van der Waals surface area contributed by atoms with E-state index in [0.717, 1.165) is 6.54 Å².